The molecular formula is C19H18N2O4S. The van der Waals surface area contributed by atoms with E-state index in [4.69, 9.17) is 0 Å². The first-order valence-electron chi connectivity index (χ1n) is 8.45. The Morgan fingerprint density at radius 1 is 0.962 bits per heavy atom. The molecule has 0 saturated carbocycles. The number of nitrogens with zero attached hydrogens (tertiary/aromatic N) is 2. The summed E-state index contributed by atoms with van der Waals surface area (Å²) < 4.78 is 27.3. The van der Waals surface area contributed by atoms with E-state index in [1.807, 2.05) is 25.1 Å². The van der Waals surface area contributed by atoms with Gasteiger partial charge < -0.3 is 0 Å². The van der Waals surface area contributed by atoms with Gasteiger partial charge in [0.1, 0.15) is 0 Å². The summed E-state index contributed by atoms with van der Waals surface area (Å²) in [5, 5.41) is 0. The first kappa shape index (κ1) is 16.8. The Labute approximate surface area is 152 Å². The molecule has 134 valence electrons. The number of rotatable bonds is 4. The second-order valence-electron chi connectivity index (χ2n) is 6.60. The van der Waals surface area contributed by atoms with E-state index in [2.05, 4.69) is 0 Å². The van der Waals surface area contributed by atoms with Crippen molar-refractivity contribution in [2.45, 2.75) is 19.4 Å². The first-order chi connectivity index (χ1) is 12.4. The average molecular weight is 370 g/mol. The molecule has 2 aliphatic rings. The van der Waals surface area contributed by atoms with Gasteiger partial charge in [0.15, 0.2) is 0 Å². The smallest absolute Gasteiger partial charge is 0.261 e. The van der Waals surface area contributed by atoms with Crippen LogP contribution in [0.2, 0.25) is 0 Å². The van der Waals surface area contributed by atoms with Crippen molar-refractivity contribution in [1.29, 1.82) is 0 Å². The van der Waals surface area contributed by atoms with Crippen LogP contribution in [-0.4, -0.2) is 43.5 Å². The molecule has 0 aliphatic carbocycles. The SMILES string of the molecule is CC1Cc2ccccc2N1S(=O)(=O)CCN1C(=O)c2ccccc2C1=O. The maximum Gasteiger partial charge on any atom is 0.261 e. The van der Waals surface area contributed by atoms with Gasteiger partial charge in [-0.15, -0.1) is 0 Å². The van der Waals surface area contributed by atoms with Crippen LogP contribution in [0, 0.1) is 0 Å². The number of hydrogen-bond acceptors (Lipinski definition) is 4. The minimum atomic E-state index is -3.66. The molecule has 7 heteroatoms. The van der Waals surface area contributed by atoms with Crippen molar-refractivity contribution < 1.29 is 18.0 Å². The Bertz CT molecular complexity index is 981. The van der Waals surface area contributed by atoms with Crippen molar-refractivity contribution in [2.24, 2.45) is 0 Å². The first-order valence-corrected chi connectivity index (χ1v) is 10.1. The zero-order chi connectivity index (χ0) is 18.5. The van der Waals surface area contributed by atoms with Crippen LogP contribution in [0.25, 0.3) is 0 Å². The number of fused-ring (bicyclic) bond motifs is 2. The molecule has 4 rings (SSSR count). The molecule has 2 amide bonds. The molecule has 2 heterocycles. The third-order valence-corrected chi connectivity index (χ3v) is 6.75. The largest absolute Gasteiger partial charge is 0.273 e. The van der Waals surface area contributed by atoms with E-state index in [1.165, 1.54) is 4.31 Å². The molecule has 1 atom stereocenters. The Balaban J connectivity index is 1.55. The summed E-state index contributed by atoms with van der Waals surface area (Å²) in [6.07, 6.45) is 0.655. The summed E-state index contributed by atoms with van der Waals surface area (Å²) in [6, 6.07) is 13.8. The molecule has 1 unspecified atom stereocenters. The van der Waals surface area contributed by atoms with E-state index in [0.29, 0.717) is 23.2 Å². The van der Waals surface area contributed by atoms with Gasteiger partial charge in [-0.25, -0.2) is 8.42 Å². The van der Waals surface area contributed by atoms with Crippen molar-refractivity contribution >= 4 is 27.5 Å². The van der Waals surface area contributed by atoms with E-state index in [9.17, 15) is 18.0 Å². The number of para-hydroxylation sites is 1. The standard InChI is InChI=1S/C19H18N2O4S/c1-13-12-14-6-2-5-9-17(14)21(13)26(24,25)11-10-20-18(22)15-7-3-4-8-16(15)19(20)23/h2-9,13H,10-12H2,1H3. The number of carbonyl (C=O) groups excluding carboxylic acids is 2. The van der Waals surface area contributed by atoms with Crippen molar-refractivity contribution in [3.8, 4) is 0 Å². The highest BCUT2D eigenvalue weighted by Crippen LogP contribution is 2.34. The summed E-state index contributed by atoms with van der Waals surface area (Å²) in [4.78, 5) is 25.8. The summed E-state index contributed by atoms with van der Waals surface area (Å²) >= 11 is 0. The summed E-state index contributed by atoms with van der Waals surface area (Å²) in [7, 11) is -3.66. The van der Waals surface area contributed by atoms with Crippen LogP contribution >= 0.6 is 0 Å². The van der Waals surface area contributed by atoms with Gasteiger partial charge in [-0.05, 0) is 37.1 Å². The van der Waals surface area contributed by atoms with Crippen molar-refractivity contribution in [3.63, 3.8) is 0 Å². The molecule has 0 spiro atoms. The number of benzene rings is 2. The fraction of sp³-hybridized carbons (Fsp3) is 0.263. The number of hydrogen-bond donors (Lipinski definition) is 0. The van der Waals surface area contributed by atoms with Gasteiger partial charge in [0.2, 0.25) is 10.0 Å². The Kier molecular flexibility index (Phi) is 3.84. The molecule has 0 fully saturated rings. The van der Waals surface area contributed by atoms with E-state index in [-0.39, 0.29) is 18.3 Å². The van der Waals surface area contributed by atoms with Gasteiger partial charge in [-0.3, -0.25) is 18.8 Å². The second-order valence-corrected chi connectivity index (χ2v) is 8.57. The zero-order valence-corrected chi connectivity index (χ0v) is 15.1. The Morgan fingerprint density at radius 3 is 2.19 bits per heavy atom. The molecule has 0 saturated heterocycles. The minimum Gasteiger partial charge on any atom is -0.273 e. The van der Waals surface area contributed by atoms with Gasteiger partial charge in [0.05, 0.1) is 22.6 Å². The fourth-order valence-electron chi connectivity index (χ4n) is 3.71. The lowest BCUT2D eigenvalue weighted by atomic mass is 10.1. The van der Waals surface area contributed by atoms with Crippen LogP contribution in [0.1, 0.15) is 33.2 Å². The van der Waals surface area contributed by atoms with Crippen LogP contribution in [-0.2, 0) is 16.4 Å². The quantitative estimate of drug-likeness (QED) is 0.772. The molecule has 2 aliphatic heterocycles. The molecule has 0 bridgehead atoms. The van der Waals surface area contributed by atoms with Crippen LogP contribution < -0.4 is 4.31 Å². The monoisotopic (exact) mass is 370 g/mol. The van der Waals surface area contributed by atoms with Crippen LogP contribution in [0.15, 0.2) is 48.5 Å². The molecule has 2 aromatic rings. The predicted octanol–water partition coefficient (Wildman–Crippen LogP) is 2.06. The molecule has 6 nitrogen and oxygen atoms in total. The number of amides is 2. The molecule has 0 aromatic heterocycles. The molecular weight excluding hydrogens is 352 g/mol. The minimum absolute atomic E-state index is 0.153. The lowest BCUT2D eigenvalue weighted by molar-refractivity contribution is 0.0664. The van der Waals surface area contributed by atoms with Crippen molar-refractivity contribution in [1.82, 2.24) is 4.90 Å². The van der Waals surface area contributed by atoms with Crippen LogP contribution in [0.5, 0.6) is 0 Å². The van der Waals surface area contributed by atoms with Gasteiger partial charge in [0, 0.05) is 12.6 Å². The number of sulfonamides is 1. The highest BCUT2D eigenvalue weighted by atomic mass is 32.2. The molecule has 2 aromatic carbocycles. The number of imide groups is 1. The van der Waals surface area contributed by atoms with Crippen molar-refractivity contribution in [2.75, 3.05) is 16.6 Å². The van der Waals surface area contributed by atoms with E-state index in [1.54, 1.807) is 30.3 Å². The number of anilines is 1. The molecule has 0 N–H and O–H groups in total. The molecule has 26 heavy (non-hydrogen) atoms. The lowest BCUT2D eigenvalue weighted by Crippen LogP contribution is -2.42. The van der Waals surface area contributed by atoms with Crippen LogP contribution in [0.3, 0.4) is 0 Å². The second kappa shape index (κ2) is 5.95. The molecule has 0 radical (unpaired) electrons. The zero-order valence-electron chi connectivity index (χ0n) is 14.3. The Hall–Kier alpha value is -2.67. The highest BCUT2D eigenvalue weighted by molar-refractivity contribution is 7.92. The fourth-order valence-corrected chi connectivity index (χ4v) is 5.42. The van der Waals surface area contributed by atoms with E-state index >= 15 is 0 Å². The normalized spacial score (nSPS) is 19.0. The number of carbonyl (C=O) groups is 2. The van der Waals surface area contributed by atoms with Gasteiger partial charge >= 0.3 is 0 Å². The van der Waals surface area contributed by atoms with E-state index < -0.39 is 21.8 Å². The van der Waals surface area contributed by atoms with Gasteiger partial charge in [0.25, 0.3) is 11.8 Å². The maximum atomic E-state index is 12.9. The van der Waals surface area contributed by atoms with Gasteiger partial charge in [-0.2, -0.15) is 0 Å². The van der Waals surface area contributed by atoms with Gasteiger partial charge in [-0.1, -0.05) is 30.3 Å². The van der Waals surface area contributed by atoms with E-state index in [0.717, 1.165) is 10.5 Å². The lowest BCUT2D eigenvalue weighted by Gasteiger charge is -2.25. The third kappa shape index (κ3) is 2.50. The summed E-state index contributed by atoms with van der Waals surface area (Å²) in [5.41, 5.74) is 2.33. The highest BCUT2D eigenvalue weighted by Gasteiger charge is 2.38. The van der Waals surface area contributed by atoms with Crippen molar-refractivity contribution in [3.05, 3.63) is 65.2 Å². The Morgan fingerprint density at radius 2 is 1.54 bits per heavy atom. The average Bonchev–Trinajstić information content (AvgIpc) is 3.08. The summed E-state index contributed by atoms with van der Waals surface area (Å²) in [6.45, 7) is 1.71. The topological polar surface area (TPSA) is 74.8 Å². The maximum absolute atomic E-state index is 12.9. The van der Waals surface area contributed by atoms with Crippen LogP contribution in [0.4, 0.5) is 5.69 Å². The third-order valence-electron chi connectivity index (χ3n) is 4.90. The summed E-state index contributed by atoms with van der Waals surface area (Å²) in [5.74, 6) is -1.16. The predicted molar refractivity (Wildman–Crippen MR) is 97.7 cm³/mol.